The average molecular weight is 247 g/mol. The van der Waals surface area contributed by atoms with Crippen molar-refractivity contribution in [2.45, 2.75) is 38.6 Å². The molecule has 0 radical (unpaired) electrons. The predicted molar refractivity (Wildman–Crippen MR) is 69.1 cm³/mol. The van der Waals surface area contributed by atoms with Crippen molar-refractivity contribution in [3.63, 3.8) is 0 Å². The number of carbonyl (C=O) groups is 1. The summed E-state index contributed by atoms with van der Waals surface area (Å²) in [6.07, 6.45) is 8.86. The molecule has 4 nitrogen and oxygen atoms in total. The maximum Gasteiger partial charge on any atom is 0.254 e. The molecule has 1 N–H and O–H groups in total. The van der Waals surface area contributed by atoms with Crippen molar-refractivity contribution in [2.24, 2.45) is 24.8 Å². The van der Waals surface area contributed by atoms with Gasteiger partial charge in [-0.2, -0.15) is 5.10 Å². The summed E-state index contributed by atoms with van der Waals surface area (Å²) in [6, 6.07) is 0.285. The zero-order chi connectivity index (χ0) is 12.7. The smallest absolute Gasteiger partial charge is 0.254 e. The Morgan fingerprint density at radius 2 is 2.33 bits per heavy atom. The first-order chi connectivity index (χ1) is 8.63. The third-order valence-electron chi connectivity index (χ3n) is 4.76. The molecule has 2 fully saturated rings. The Labute approximate surface area is 108 Å². The van der Waals surface area contributed by atoms with Gasteiger partial charge in [0.1, 0.15) is 0 Å². The average Bonchev–Trinajstić information content (AvgIpc) is 3.03. The van der Waals surface area contributed by atoms with Crippen LogP contribution in [-0.4, -0.2) is 21.7 Å². The molecule has 1 amide bonds. The topological polar surface area (TPSA) is 46.9 Å². The third-order valence-corrected chi connectivity index (χ3v) is 4.76. The lowest BCUT2D eigenvalue weighted by Gasteiger charge is -2.28. The number of aromatic nitrogens is 2. The van der Waals surface area contributed by atoms with Crippen LogP contribution < -0.4 is 5.32 Å². The molecule has 1 aromatic rings. The molecule has 0 aromatic carbocycles. The second-order valence-corrected chi connectivity index (χ2v) is 6.00. The first kappa shape index (κ1) is 11.8. The van der Waals surface area contributed by atoms with E-state index in [9.17, 15) is 4.79 Å². The number of aryl methyl sites for hydroxylation is 1. The molecule has 98 valence electrons. The van der Waals surface area contributed by atoms with Gasteiger partial charge in [-0.15, -0.1) is 0 Å². The van der Waals surface area contributed by atoms with E-state index in [4.69, 9.17) is 0 Å². The van der Waals surface area contributed by atoms with Gasteiger partial charge < -0.3 is 5.32 Å². The van der Waals surface area contributed by atoms with Gasteiger partial charge in [0.2, 0.25) is 0 Å². The molecule has 0 saturated heterocycles. The van der Waals surface area contributed by atoms with Crippen LogP contribution in [0.15, 0.2) is 12.4 Å². The molecule has 2 saturated carbocycles. The van der Waals surface area contributed by atoms with Crippen LogP contribution in [0.25, 0.3) is 0 Å². The molecule has 1 heterocycles. The zero-order valence-corrected chi connectivity index (χ0v) is 11.1. The van der Waals surface area contributed by atoms with Gasteiger partial charge >= 0.3 is 0 Å². The second-order valence-electron chi connectivity index (χ2n) is 6.00. The van der Waals surface area contributed by atoms with Crippen LogP contribution in [0, 0.1) is 17.8 Å². The number of nitrogens with one attached hydrogen (secondary N) is 1. The summed E-state index contributed by atoms with van der Waals surface area (Å²) in [5, 5.41) is 7.18. The summed E-state index contributed by atoms with van der Waals surface area (Å²) < 4.78 is 1.66. The number of carbonyl (C=O) groups excluding carboxylic acids is 1. The molecule has 0 spiro atoms. The van der Waals surface area contributed by atoms with Gasteiger partial charge in [0.25, 0.3) is 5.91 Å². The molecule has 0 unspecified atom stereocenters. The van der Waals surface area contributed by atoms with E-state index in [-0.39, 0.29) is 11.9 Å². The lowest BCUT2D eigenvalue weighted by molar-refractivity contribution is 0.0915. The van der Waals surface area contributed by atoms with E-state index < -0.39 is 0 Å². The number of hydrogen-bond donors (Lipinski definition) is 1. The summed E-state index contributed by atoms with van der Waals surface area (Å²) in [5.41, 5.74) is 0.660. The first-order valence-corrected chi connectivity index (χ1v) is 6.93. The van der Waals surface area contributed by atoms with Crippen LogP contribution in [-0.2, 0) is 7.05 Å². The fraction of sp³-hybridized carbons (Fsp3) is 0.714. The largest absolute Gasteiger partial charge is 0.349 e. The third kappa shape index (κ3) is 2.04. The molecule has 18 heavy (non-hydrogen) atoms. The molecule has 4 atom stereocenters. The summed E-state index contributed by atoms with van der Waals surface area (Å²) in [4.78, 5) is 12.1. The van der Waals surface area contributed by atoms with Crippen molar-refractivity contribution in [3.8, 4) is 0 Å². The first-order valence-electron chi connectivity index (χ1n) is 6.93. The van der Waals surface area contributed by atoms with Crippen molar-refractivity contribution < 1.29 is 4.79 Å². The Balaban J connectivity index is 1.61. The van der Waals surface area contributed by atoms with Crippen molar-refractivity contribution in [2.75, 3.05) is 0 Å². The van der Waals surface area contributed by atoms with Gasteiger partial charge in [-0.3, -0.25) is 9.48 Å². The fourth-order valence-electron chi connectivity index (χ4n) is 3.84. The van der Waals surface area contributed by atoms with Gasteiger partial charge in [0, 0.05) is 19.3 Å². The second kappa shape index (κ2) is 4.41. The molecule has 2 aliphatic carbocycles. The normalized spacial score (nSPS) is 31.6. The van der Waals surface area contributed by atoms with Gasteiger partial charge in [-0.1, -0.05) is 6.42 Å². The Morgan fingerprint density at radius 1 is 1.50 bits per heavy atom. The van der Waals surface area contributed by atoms with Crippen LogP contribution in [0.4, 0.5) is 0 Å². The molecule has 3 rings (SSSR count). The summed E-state index contributed by atoms with van der Waals surface area (Å²) in [5.74, 6) is 2.47. The van der Waals surface area contributed by atoms with Crippen LogP contribution >= 0.6 is 0 Å². The minimum absolute atomic E-state index is 0.0124. The van der Waals surface area contributed by atoms with Crippen molar-refractivity contribution in [1.29, 1.82) is 0 Å². The summed E-state index contributed by atoms with van der Waals surface area (Å²) >= 11 is 0. The van der Waals surface area contributed by atoms with E-state index in [0.29, 0.717) is 11.5 Å². The number of amides is 1. The monoisotopic (exact) mass is 247 g/mol. The van der Waals surface area contributed by atoms with E-state index in [1.807, 2.05) is 7.05 Å². The zero-order valence-electron chi connectivity index (χ0n) is 11.1. The highest BCUT2D eigenvalue weighted by molar-refractivity contribution is 5.93. The van der Waals surface area contributed by atoms with E-state index in [0.717, 1.165) is 11.8 Å². The molecule has 2 aliphatic rings. The molecule has 2 bridgehead atoms. The molecular weight excluding hydrogens is 226 g/mol. The van der Waals surface area contributed by atoms with E-state index in [2.05, 4.69) is 17.3 Å². The number of hydrogen-bond acceptors (Lipinski definition) is 2. The fourth-order valence-corrected chi connectivity index (χ4v) is 3.84. The van der Waals surface area contributed by atoms with E-state index in [1.54, 1.807) is 17.1 Å². The maximum atomic E-state index is 12.1. The van der Waals surface area contributed by atoms with Gasteiger partial charge in [-0.05, 0) is 43.9 Å². The van der Waals surface area contributed by atoms with Gasteiger partial charge in [-0.25, -0.2) is 0 Å². The molecule has 0 aliphatic heterocycles. The minimum atomic E-state index is 0.0124. The highest BCUT2D eigenvalue weighted by atomic mass is 16.1. The van der Waals surface area contributed by atoms with Crippen molar-refractivity contribution >= 4 is 5.91 Å². The number of fused-ring (bicyclic) bond motifs is 2. The molecule has 1 aromatic heterocycles. The van der Waals surface area contributed by atoms with E-state index in [1.165, 1.54) is 25.7 Å². The summed E-state index contributed by atoms with van der Waals surface area (Å²) in [7, 11) is 1.83. The Bertz CT molecular complexity index is 454. The van der Waals surface area contributed by atoms with Crippen LogP contribution in [0.5, 0.6) is 0 Å². The van der Waals surface area contributed by atoms with Crippen molar-refractivity contribution in [3.05, 3.63) is 18.0 Å². The molecule has 4 heteroatoms. The van der Waals surface area contributed by atoms with Gasteiger partial charge in [0.05, 0.1) is 11.8 Å². The number of rotatable bonds is 3. The Kier molecular flexibility index (Phi) is 2.88. The SMILES string of the molecule is C[C@H](NC(=O)c1cnn(C)c1)[C@@H]1C[C@H]2CC[C@H]1C2. The quantitative estimate of drug-likeness (QED) is 0.887. The maximum absolute atomic E-state index is 12.1. The predicted octanol–water partition coefficient (Wildman–Crippen LogP) is 1.97. The van der Waals surface area contributed by atoms with Crippen LogP contribution in [0.2, 0.25) is 0 Å². The number of nitrogens with zero attached hydrogens (tertiary/aromatic N) is 2. The Morgan fingerprint density at radius 3 is 2.89 bits per heavy atom. The van der Waals surface area contributed by atoms with Crippen LogP contribution in [0.1, 0.15) is 43.0 Å². The summed E-state index contributed by atoms with van der Waals surface area (Å²) in [6.45, 7) is 2.15. The highest BCUT2D eigenvalue weighted by Crippen LogP contribution is 2.49. The van der Waals surface area contributed by atoms with Gasteiger partial charge in [0.15, 0.2) is 0 Å². The lowest BCUT2D eigenvalue weighted by Crippen LogP contribution is -2.40. The lowest BCUT2D eigenvalue weighted by atomic mass is 9.84. The highest BCUT2D eigenvalue weighted by Gasteiger charge is 2.42. The Hall–Kier alpha value is -1.32. The van der Waals surface area contributed by atoms with Crippen LogP contribution in [0.3, 0.4) is 0 Å². The van der Waals surface area contributed by atoms with Crippen molar-refractivity contribution in [1.82, 2.24) is 15.1 Å². The molecular formula is C14H21N3O. The van der Waals surface area contributed by atoms with E-state index >= 15 is 0 Å². The standard InChI is InChI=1S/C14H21N3O/c1-9(13-6-10-3-4-11(13)5-10)16-14(18)12-7-15-17(2)8-12/h7-11,13H,3-6H2,1-2H3,(H,16,18)/t9-,10-,11-,13-/m0/s1. The minimum Gasteiger partial charge on any atom is -0.349 e.